The molecule has 0 heterocycles. The van der Waals surface area contributed by atoms with Crippen molar-refractivity contribution < 1.29 is 9.13 Å². The number of nitrogens with one attached hydrogen (secondary N) is 1. The van der Waals surface area contributed by atoms with E-state index in [0.717, 1.165) is 22.4 Å². The lowest BCUT2D eigenvalue weighted by Gasteiger charge is -2.14. The number of ether oxygens (including phenoxy) is 1. The first-order valence-electron chi connectivity index (χ1n) is 6.30. The number of halogens is 1. The maximum Gasteiger partial charge on any atom is 0.125 e. The number of hydrogen-bond acceptors (Lipinski definition) is 2. The number of hydrogen-bond donors (Lipinski definition) is 2. The molecule has 2 aromatic rings. The van der Waals surface area contributed by atoms with Crippen LogP contribution in [0.25, 0.3) is 0 Å². The number of nitrogen functional groups attached to an aromatic ring is 1. The molecule has 104 valence electrons. The lowest BCUT2D eigenvalue weighted by molar-refractivity contribution is 0.301. The smallest absolute Gasteiger partial charge is 0.125 e. The van der Waals surface area contributed by atoms with Crippen LogP contribution < -0.4 is 10.5 Å². The first-order chi connectivity index (χ1) is 9.47. The Labute approximate surface area is 117 Å². The Morgan fingerprint density at radius 2 is 1.85 bits per heavy atom. The van der Waals surface area contributed by atoms with Crippen LogP contribution in [0.3, 0.4) is 0 Å². The SMILES string of the molecule is Cc1cc(C(=N)N)cc(C)c1OCc1cccc(F)c1. The normalized spacial score (nSPS) is 10.3. The molecule has 0 unspecified atom stereocenters. The summed E-state index contributed by atoms with van der Waals surface area (Å²) in [5.41, 5.74) is 8.76. The van der Waals surface area contributed by atoms with Crippen molar-refractivity contribution in [3.8, 4) is 5.75 Å². The summed E-state index contributed by atoms with van der Waals surface area (Å²) in [7, 11) is 0. The van der Waals surface area contributed by atoms with E-state index in [9.17, 15) is 4.39 Å². The Hall–Kier alpha value is -2.36. The quantitative estimate of drug-likeness (QED) is 0.662. The molecule has 0 aliphatic rings. The summed E-state index contributed by atoms with van der Waals surface area (Å²) in [4.78, 5) is 0. The van der Waals surface area contributed by atoms with E-state index in [2.05, 4.69) is 0 Å². The average molecular weight is 272 g/mol. The first kappa shape index (κ1) is 14.1. The van der Waals surface area contributed by atoms with Crippen LogP contribution in [-0.4, -0.2) is 5.84 Å². The van der Waals surface area contributed by atoms with Crippen molar-refractivity contribution in [1.82, 2.24) is 0 Å². The van der Waals surface area contributed by atoms with E-state index >= 15 is 0 Å². The molecule has 0 spiro atoms. The number of aryl methyl sites for hydroxylation is 2. The highest BCUT2D eigenvalue weighted by atomic mass is 19.1. The van der Waals surface area contributed by atoms with Crippen LogP contribution in [0, 0.1) is 25.1 Å². The summed E-state index contributed by atoms with van der Waals surface area (Å²) in [6.45, 7) is 4.11. The van der Waals surface area contributed by atoms with Crippen LogP contribution in [0.15, 0.2) is 36.4 Å². The number of nitrogens with two attached hydrogens (primary N) is 1. The van der Waals surface area contributed by atoms with Crippen LogP contribution in [0.5, 0.6) is 5.75 Å². The highest BCUT2D eigenvalue weighted by molar-refractivity contribution is 5.95. The second kappa shape index (κ2) is 5.74. The summed E-state index contributed by atoms with van der Waals surface area (Å²) >= 11 is 0. The summed E-state index contributed by atoms with van der Waals surface area (Å²) in [6, 6.07) is 9.97. The minimum Gasteiger partial charge on any atom is -0.488 e. The van der Waals surface area contributed by atoms with Crippen molar-refractivity contribution in [2.75, 3.05) is 0 Å². The van der Waals surface area contributed by atoms with Crippen LogP contribution in [0.2, 0.25) is 0 Å². The summed E-state index contributed by atoms with van der Waals surface area (Å²) < 4.78 is 18.9. The monoisotopic (exact) mass is 272 g/mol. The van der Waals surface area contributed by atoms with Crippen molar-refractivity contribution in [2.45, 2.75) is 20.5 Å². The summed E-state index contributed by atoms with van der Waals surface area (Å²) in [5, 5.41) is 7.45. The minimum absolute atomic E-state index is 0.0351. The third-order valence-corrected chi connectivity index (χ3v) is 3.04. The van der Waals surface area contributed by atoms with Crippen LogP contribution in [-0.2, 0) is 6.61 Å². The zero-order valence-corrected chi connectivity index (χ0v) is 11.5. The van der Waals surface area contributed by atoms with Gasteiger partial charge in [-0.05, 0) is 54.8 Å². The average Bonchev–Trinajstić information content (AvgIpc) is 2.37. The fourth-order valence-electron chi connectivity index (χ4n) is 2.12. The molecule has 2 aromatic carbocycles. The van der Waals surface area contributed by atoms with E-state index in [1.54, 1.807) is 6.07 Å². The number of benzene rings is 2. The molecule has 2 rings (SSSR count). The van der Waals surface area contributed by atoms with Crippen LogP contribution in [0.1, 0.15) is 22.3 Å². The molecule has 0 bridgehead atoms. The van der Waals surface area contributed by atoms with E-state index in [4.69, 9.17) is 15.9 Å². The van der Waals surface area contributed by atoms with Gasteiger partial charge in [-0.2, -0.15) is 0 Å². The molecular weight excluding hydrogens is 255 g/mol. The van der Waals surface area contributed by atoms with Gasteiger partial charge < -0.3 is 10.5 Å². The summed E-state index contributed by atoms with van der Waals surface area (Å²) in [6.07, 6.45) is 0. The maximum absolute atomic E-state index is 13.1. The van der Waals surface area contributed by atoms with Gasteiger partial charge in [-0.3, -0.25) is 5.41 Å². The Bertz CT molecular complexity index is 630. The van der Waals surface area contributed by atoms with E-state index in [1.165, 1.54) is 12.1 Å². The van der Waals surface area contributed by atoms with Gasteiger partial charge in [-0.1, -0.05) is 12.1 Å². The van der Waals surface area contributed by atoms with Gasteiger partial charge in [0.2, 0.25) is 0 Å². The van der Waals surface area contributed by atoms with Gasteiger partial charge in [-0.15, -0.1) is 0 Å². The molecule has 0 aliphatic carbocycles. The van der Waals surface area contributed by atoms with Gasteiger partial charge in [0.25, 0.3) is 0 Å². The Morgan fingerprint density at radius 3 is 2.40 bits per heavy atom. The first-order valence-corrected chi connectivity index (χ1v) is 6.30. The summed E-state index contributed by atoms with van der Waals surface area (Å²) in [5.74, 6) is 0.513. The van der Waals surface area contributed by atoms with Crippen molar-refractivity contribution in [3.63, 3.8) is 0 Å². The van der Waals surface area contributed by atoms with Gasteiger partial charge in [0.05, 0.1) is 0 Å². The van der Waals surface area contributed by atoms with E-state index in [1.807, 2.05) is 32.0 Å². The number of rotatable bonds is 4. The Kier molecular flexibility index (Phi) is 4.03. The Balaban J connectivity index is 2.20. The standard InChI is InChI=1S/C16H17FN2O/c1-10-6-13(16(18)19)7-11(2)15(10)20-9-12-4-3-5-14(17)8-12/h3-8H,9H2,1-2H3,(H3,18,19). The predicted octanol–water partition coefficient (Wildman–Crippen LogP) is 3.31. The molecule has 4 heteroatoms. The third kappa shape index (κ3) is 3.15. The molecule has 20 heavy (non-hydrogen) atoms. The lowest BCUT2D eigenvalue weighted by atomic mass is 10.1. The van der Waals surface area contributed by atoms with Crippen molar-refractivity contribution >= 4 is 5.84 Å². The van der Waals surface area contributed by atoms with E-state index in [-0.39, 0.29) is 11.7 Å². The Morgan fingerprint density at radius 1 is 1.20 bits per heavy atom. The fourth-order valence-corrected chi connectivity index (χ4v) is 2.12. The number of amidine groups is 1. The second-order valence-electron chi connectivity index (χ2n) is 4.77. The minimum atomic E-state index is -0.272. The van der Waals surface area contributed by atoms with Crippen molar-refractivity contribution in [1.29, 1.82) is 5.41 Å². The van der Waals surface area contributed by atoms with Crippen LogP contribution >= 0.6 is 0 Å². The molecular formula is C16H17FN2O. The maximum atomic E-state index is 13.1. The van der Waals surface area contributed by atoms with Crippen LogP contribution in [0.4, 0.5) is 4.39 Å². The van der Waals surface area contributed by atoms with E-state index in [0.29, 0.717) is 12.2 Å². The molecule has 0 aromatic heterocycles. The molecule has 0 aliphatic heterocycles. The zero-order valence-electron chi connectivity index (χ0n) is 11.5. The van der Waals surface area contributed by atoms with Gasteiger partial charge in [0.15, 0.2) is 0 Å². The predicted molar refractivity (Wildman–Crippen MR) is 77.7 cm³/mol. The zero-order chi connectivity index (χ0) is 14.7. The van der Waals surface area contributed by atoms with Gasteiger partial charge in [0, 0.05) is 5.56 Å². The molecule has 0 amide bonds. The largest absolute Gasteiger partial charge is 0.488 e. The molecule has 0 saturated carbocycles. The van der Waals surface area contributed by atoms with Gasteiger partial charge >= 0.3 is 0 Å². The molecule has 3 nitrogen and oxygen atoms in total. The van der Waals surface area contributed by atoms with Gasteiger partial charge in [-0.25, -0.2) is 4.39 Å². The highest BCUT2D eigenvalue weighted by Crippen LogP contribution is 2.25. The van der Waals surface area contributed by atoms with Crippen molar-refractivity contribution in [3.05, 3.63) is 64.5 Å². The van der Waals surface area contributed by atoms with Gasteiger partial charge in [0.1, 0.15) is 24.0 Å². The third-order valence-electron chi connectivity index (χ3n) is 3.04. The molecule has 0 radical (unpaired) electrons. The molecule has 0 fully saturated rings. The molecule has 3 N–H and O–H groups in total. The molecule has 0 saturated heterocycles. The highest BCUT2D eigenvalue weighted by Gasteiger charge is 2.08. The van der Waals surface area contributed by atoms with E-state index < -0.39 is 0 Å². The lowest BCUT2D eigenvalue weighted by Crippen LogP contribution is -2.12. The topological polar surface area (TPSA) is 59.1 Å². The fraction of sp³-hybridized carbons (Fsp3) is 0.188. The second-order valence-corrected chi connectivity index (χ2v) is 4.77. The van der Waals surface area contributed by atoms with Crippen molar-refractivity contribution in [2.24, 2.45) is 5.73 Å². The molecule has 0 atom stereocenters.